The van der Waals surface area contributed by atoms with Crippen molar-refractivity contribution in [3.63, 3.8) is 0 Å². The van der Waals surface area contributed by atoms with E-state index in [0.717, 1.165) is 22.4 Å². The third-order valence-electron chi connectivity index (χ3n) is 2.66. The normalized spacial score (nSPS) is 10.7. The molecular formula is C13H11N3O2. The molecule has 0 spiro atoms. The predicted octanol–water partition coefficient (Wildman–Crippen LogP) is 2.89. The van der Waals surface area contributed by atoms with Crippen LogP contribution in [0.1, 0.15) is 5.69 Å². The molecule has 0 atom stereocenters. The van der Waals surface area contributed by atoms with Crippen LogP contribution in [0.25, 0.3) is 22.6 Å². The second-order valence-corrected chi connectivity index (χ2v) is 3.98. The van der Waals surface area contributed by atoms with Crippen molar-refractivity contribution in [1.82, 2.24) is 10.1 Å². The summed E-state index contributed by atoms with van der Waals surface area (Å²) >= 11 is 0. The Hall–Kier alpha value is -2.56. The lowest BCUT2D eigenvalue weighted by Gasteiger charge is -1.99. The van der Waals surface area contributed by atoms with Crippen LogP contribution in [0.3, 0.4) is 0 Å². The molecule has 0 saturated heterocycles. The van der Waals surface area contributed by atoms with Crippen molar-refractivity contribution in [2.45, 2.75) is 6.92 Å². The maximum atomic E-state index is 5.67. The Kier molecular flexibility index (Phi) is 2.37. The summed E-state index contributed by atoms with van der Waals surface area (Å²) in [5, 5.41) is 3.65. The van der Waals surface area contributed by atoms with Crippen LogP contribution in [0.5, 0.6) is 0 Å². The van der Waals surface area contributed by atoms with Gasteiger partial charge in [0.15, 0.2) is 0 Å². The summed E-state index contributed by atoms with van der Waals surface area (Å²) in [7, 11) is 0. The van der Waals surface area contributed by atoms with Crippen LogP contribution in [0, 0.1) is 6.92 Å². The van der Waals surface area contributed by atoms with E-state index < -0.39 is 0 Å². The second kappa shape index (κ2) is 4.03. The van der Waals surface area contributed by atoms with Gasteiger partial charge in [-0.1, -0.05) is 17.3 Å². The van der Waals surface area contributed by atoms with Gasteiger partial charge in [0.1, 0.15) is 6.26 Å². The minimum absolute atomic E-state index is 0.315. The molecule has 2 aromatic heterocycles. The summed E-state index contributed by atoms with van der Waals surface area (Å²) in [5.41, 5.74) is 9.17. The maximum Gasteiger partial charge on any atom is 0.229 e. The number of nitrogens with zero attached hydrogens (tertiary/aromatic N) is 2. The van der Waals surface area contributed by atoms with Crippen LogP contribution >= 0.6 is 0 Å². The highest BCUT2D eigenvalue weighted by atomic mass is 16.5. The molecule has 90 valence electrons. The summed E-state index contributed by atoms with van der Waals surface area (Å²) in [6, 6.07) is 7.70. The van der Waals surface area contributed by atoms with Gasteiger partial charge in [-0.05, 0) is 24.6 Å². The Morgan fingerprint density at radius 2 is 1.83 bits per heavy atom. The molecule has 0 radical (unpaired) electrons. The molecule has 0 aliphatic rings. The maximum absolute atomic E-state index is 5.67. The molecule has 0 saturated carbocycles. The zero-order chi connectivity index (χ0) is 12.5. The van der Waals surface area contributed by atoms with Crippen LogP contribution < -0.4 is 5.73 Å². The lowest BCUT2D eigenvalue weighted by atomic mass is 10.1. The third kappa shape index (κ3) is 1.75. The lowest BCUT2D eigenvalue weighted by Crippen LogP contribution is -1.85. The number of anilines is 1. The smallest absolute Gasteiger partial charge is 0.229 e. The largest absolute Gasteiger partial charge is 0.444 e. The van der Waals surface area contributed by atoms with Gasteiger partial charge in [0, 0.05) is 5.56 Å². The molecule has 18 heavy (non-hydrogen) atoms. The number of hydrogen-bond donors (Lipinski definition) is 1. The molecular weight excluding hydrogens is 230 g/mol. The molecule has 1 aromatic carbocycles. The van der Waals surface area contributed by atoms with Crippen molar-refractivity contribution >= 4 is 5.88 Å². The minimum Gasteiger partial charge on any atom is -0.444 e. The van der Waals surface area contributed by atoms with E-state index in [0.29, 0.717) is 11.8 Å². The first-order valence-corrected chi connectivity index (χ1v) is 5.47. The summed E-state index contributed by atoms with van der Waals surface area (Å²) < 4.78 is 10.2. The summed E-state index contributed by atoms with van der Waals surface area (Å²) in [6.07, 6.45) is 3.22. The van der Waals surface area contributed by atoms with E-state index in [4.69, 9.17) is 14.7 Å². The number of nitrogen functional groups attached to an aromatic ring is 1. The van der Waals surface area contributed by atoms with Gasteiger partial charge in [0.2, 0.25) is 11.8 Å². The fourth-order valence-electron chi connectivity index (χ4n) is 1.74. The van der Waals surface area contributed by atoms with Gasteiger partial charge in [-0.15, -0.1) is 0 Å². The van der Waals surface area contributed by atoms with Crippen molar-refractivity contribution in [1.29, 1.82) is 0 Å². The fraction of sp³-hybridized carbons (Fsp3) is 0.0769. The quantitative estimate of drug-likeness (QED) is 0.746. The Morgan fingerprint density at radius 1 is 1.11 bits per heavy atom. The Bertz CT molecular complexity index is 668. The number of aromatic nitrogens is 2. The summed E-state index contributed by atoms with van der Waals surface area (Å²) in [5.74, 6) is 0.923. The SMILES string of the molecule is Cc1coc(-c2ccc(-c3cnoc3N)cc2)n1. The molecule has 0 unspecified atom stereocenters. The first kappa shape index (κ1) is 10.6. The van der Waals surface area contributed by atoms with Crippen molar-refractivity contribution < 1.29 is 8.94 Å². The molecule has 0 fully saturated rings. The molecule has 5 heteroatoms. The summed E-state index contributed by atoms with van der Waals surface area (Å²) in [6.45, 7) is 1.89. The molecule has 3 aromatic rings. The molecule has 3 rings (SSSR count). The van der Waals surface area contributed by atoms with E-state index in [9.17, 15) is 0 Å². The van der Waals surface area contributed by atoms with Crippen LogP contribution in [0.2, 0.25) is 0 Å². The monoisotopic (exact) mass is 241 g/mol. The zero-order valence-corrected chi connectivity index (χ0v) is 9.75. The number of benzene rings is 1. The minimum atomic E-state index is 0.315. The second-order valence-electron chi connectivity index (χ2n) is 3.98. The molecule has 0 bridgehead atoms. The highest BCUT2D eigenvalue weighted by Gasteiger charge is 2.08. The first-order chi connectivity index (χ1) is 8.74. The number of oxazole rings is 1. The highest BCUT2D eigenvalue weighted by molar-refractivity contribution is 5.73. The standard InChI is InChI=1S/C13H11N3O2/c1-8-7-17-13(16-8)10-4-2-9(3-5-10)11-6-15-18-12(11)14/h2-7H,14H2,1H3. The summed E-state index contributed by atoms with van der Waals surface area (Å²) in [4.78, 5) is 4.27. The molecule has 2 N–H and O–H groups in total. The van der Waals surface area contributed by atoms with Gasteiger partial charge in [-0.25, -0.2) is 4.98 Å². The molecule has 0 amide bonds. The van der Waals surface area contributed by atoms with Gasteiger partial charge in [-0.3, -0.25) is 0 Å². The van der Waals surface area contributed by atoms with E-state index >= 15 is 0 Å². The van der Waals surface area contributed by atoms with E-state index in [1.165, 1.54) is 0 Å². The van der Waals surface area contributed by atoms with E-state index in [2.05, 4.69) is 10.1 Å². The topological polar surface area (TPSA) is 78.1 Å². The molecule has 2 heterocycles. The highest BCUT2D eigenvalue weighted by Crippen LogP contribution is 2.27. The average molecular weight is 241 g/mol. The van der Waals surface area contributed by atoms with Gasteiger partial charge in [0.25, 0.3) is 0 Å². The van der Waals surface area contributed by atoms with Crippen LogP contribution in [0.15, 0.2) is 45.7 Å². The van der Waals surface area contributed by atoms with Crippen molar-refractivity contribution in [2.24, 2.45) is 0 Å². The van der Waals surface area contributed by atoms with Gasteiger partial charge >= 0.3 is 0 Å². The Labute approximate surface area is 103 Å². The number of nitrogens with two attached hydrogens (primary N) is 1. The van der Waals surface area contributed by atoms with Gasteiger partial charge in [-0.2, -0.15) is 0 Å². The van der Waals surface area contributed by atoms with Crippen LogP contribution in [-0.4, -0.2) is 10.1 Å². The zero-order valence-electron chi connectivity index (χ0n) is 9.75. The Morgan fingerprint density at radius 3 is 2.39 bits per heavy atom. The Balaban J connectivity index is 1.97. The average Bonchev–Trinajstić information content (AvgIpc) is 2.98. The number of rotatable bonds is 2. The molecule has 0 aliphatic heterocycles. The van der Waals surface area contributed by atoms with Crippen LogP contribution in [-0.2, 0) is 0 Å². The first-order valence-electron chi connectivity index (χ1n) is 5.47. The third-order valence-corrected chi connectivity index (χ3v) is 2.66. The van der Waals surface area contributed by atoms with E-state index in [1.54, 1.807) is 12.5 Å². The predicted molar refractivity (Wildman–Crippen MR) is 66.6 cm³/mol. The molecule has 0 aliphatic carbocycles. The van der Waals surface area contributed by atoms with Crippen molar-refractivity contribution in [3.05, 3.63) is 42.4 Å². The van der Waals surface area contributed by atoms with Gasteiger partial charge in [0.05, 0.1) is 17.5 Å². The number of aryl methyl sites for hydroxylation is 1. The van der Waals surface area contributed by atoms with Crippen molar-refractivity contribution in [3.8, 4) is 22.6 Å². The fourth-order valence-corrected chi connectivity index (χ4v) is 1.74. The lowest BCUT2D eigenvalue weighted by molar-refractivity contribution is 0.436. The molecule has 5 nitrogen and oxygen atoms in total. The van der Waals surface area contributed by atoms with E-state index in [1.807, 2.05) is 31.2 Å². The van der Waals surface area contributed by atoms with E-state index in [-0.39, 0.29) is 0 Å². The van der Waals surface area contributed by atoms with Crippen molar-refractivity contribution in [2.75, 3.05) is 5.73 Å². The van der Waals surface area contributed by atoms with Crippen LogP contribution in [0.4, 0.5) is 5.88 Å². The van der Waals surface area contributed by atoms with Gasteiger partial charge < -0.3 is 14.7 Å². The number of hydrogen-bond acceptors (Lipinski definition) is 5.